The first-order valence-corrected chi connectivity index (χ1v) is 4.54. The maximum absolute atomic E-state index is 10.9. The van der Waals surface area contributed by atoms with Crippen LogP contribution in [0.3, 0.4) is 0 Å². The number of nitriles is 1. The Morgan fingerprint density at radius 1 is 1.75 bits per heavy atom. The molecule has 0 spiro atoms. The van der Waals surface area contributed by atoms with Gasteiger partial charge in [-0.3, -0.25) is 4.79 Å². The van der Waals surface area contributed by atoms with Crippen LogP contribution in [0.1, 0.15) is 6.92 Å². The number of sulfonamides is 1. The van der Waals surface area contributed by atoms with E-state index in [4.69, 9.17) is 10.4 Å². The summed E-state index contributed by atoms with van der Waals surface area (Å²) < 4.78 is 23.5. The molecular weight excluding hydrogens is 184 g/mol. The van der Waals surface area contributed by atoms with Crippen molar-refractivity contribution in [2.24, 2.45) is 0 Å². The third-order valence-corrected chi connectivity index (χ3v) is 2.65. The van der Waals surface area contributed by atoms with E-state index in [1.54, 1.807) is 4.72 Å². The Bertz CT molecular complexity index is 302. The minimum absolute atomic E-state index is 0.700. The first-order valence-electron chi connectivity index (χ1n) is 3.00. The lowest BCUT2D eigenvalue weighted by Gasteiger charge is -2.04. The fourth-order valence-corrected chi connectivity index (χ4v) is 1.07. The Labute approximate surface area is 69.9 Å². The van der Waals surface area contributed by atoms with Crippen LogP contribution in [0, 0.1) is 11.3 Å². The summed E-state index contributed by atoms with van der Waals surface area (Å²) in [5, 5.41) is 15.1. The molecule has 1 atom stereocenters. The zero-order valence-electron chi connectivity index (χ0n) is 6.31. The minimum Gasteiger partial charge on any atom is -0.480 e. The lowest BCUT2D eigenvalue weighted by molar-refractivity contribution is -0.135. The number of nitrogens with one attached hydrogen (secondary N) is 1. The van der Waals surface area contributed by atoms with Gasteiger partial charge in [-0.25, -0.2) is 13.1 Å². The van der Waals surface area contributed by atoms with Crippen LogP contribution in [0.5, 0.6) is 0 Å². The molecule has 2 N–H and O–H groups in total. The van der Waals surface area contributed by atoms with E-state index < -0.39 is 27.8 Å². The van der Waals surface area contributed by atoms with Gasteiger partial charge in [0, 0.05) is 0 Å². The number of hydrogen-bond donors (Lipinski definition) is 2. The second kappa shape index (κ2) is 4.04. The van der Waals surface area contributed by atoms with Crippen molar-refractivity contribution in [2.45, 2.75) is 12.2 Å². The highest BCUT2D eigenvalue weighted by atomic mass is 32.2. The number of carboxylic acid groups (broad SMARTS) is 1. The zero-order chi connectivity index (χ0) is 9.78. The molecule has 0 aliphatic heterocycles. The molecule has 0 heterocycles. The number of rotatable bonds is 4. The van der Waals surface area contributed by atoms with Crippen LogP contribution >= 0.6 is 0 Å². The van der Waals surface area contributed by atoms with Gasteiger partial charge in [-0.05, 0) is 6.92 Å². The van der Waals surface area contributed by atoms with E-state index in [0.29, 0.717) is 0 Å². The molecule has 6 nitrogen and oxygen atoms in total. The van der Waals surface area contributed by atoms with Crippen LogP contribution in [0.2, 0.25) is 0 Å². The minimum atomic E-state index is -3.80. The number of carbonyl (C=O) groups is 1. The normalized spacial score (nSPS) is 13.3. The molecule has 68 valence electrons. The first-order chi connectivity index (χ1) is 5.40. The molecule has 0 radical (unpaired) electrons. The predicted molar refractivity (Wildman–Crippen MR) is 39.6 cm³/mol. The van der Waals surface area contributed by atoms with Gasteiger partial charge in [0.15, 0.2) is 5.25 Å². The van der Waals surface area contributed by atoms with Crippen molar-refractivity contribution in [2.75, 3.05) is 6.54 Å². The summed E-state index contributed by atoms with van der Waals surface area (Å²) in [5.74, 6) is -1.29. The van der Waals surface area contributed by atoms with Crippen LogP contribution in [-0.4, -0.2) is 31.3 Å². The summed E-state index contributed by atoms with van der Waals surface area (Å²) in [4.78, 5) is 9.95. The molecule has 1 unspecified atom stereocenters. The SMILES string of the molecule is CC(C#N)S(=O)(=O)NCC(=O)O. The highest BCUT2D eigenvalue weighted by Crippen LogP contribution is 1.94. The molecule has 12 heavy (non-hydrogen) atoms. The molecule has 0 amide bonds. The fraction of sp³-hybridized carbons (Fsp3) is 0.600. The van der Waals surface area contributed by atoms with Gasteiger partial charge in [-0.15, -0.1) is 0 Å². The Morgan fingerprint density at radius 2 is 2.25 bits per heavy atom. The molecule has 0 aromatic heterocycles. The van der Waals surface area contributed by atoms with Crippen molar-refractivity contribution in [1.82, 2.24) is 4.72 Å². The van der Waals surface area contributed by atoms with Gasteiger partial charge < -0.3 is 5.11 Å². The van der Waals surface area contributed by atoms with E-state index in [1.165, 1.54) is 13.0 Å². The summed E-state index contributed by atoms with van der Waals surface area (Å²) in [7, 11) is -3.80. The van der Waals surface area contributed by atoms with E-state index in [1.807, 2.05) is 0 Å². The monoisotopic (exact) mass is 192 g/mol. The quantitative estimate of drug-likeness (QED) is 0.588. The Morgan fingerprint density at radius 3 is 2.58 bits per heavy atom. The van der Waals surface area contributed by atoms with E-state index in [9.17, 15) is 13.2 Å². The fourth-order valence-electron chi connectivity index (χ4n) is 0.357. The topological polar surface area (TPSA) is 107 Å². The Hall–Kier alpha value is -1.13. The van der Waals surface area contributed by atoms with Gasteiger partial charge in [0.25, 0.3) is 0 Å². The number of nitrogens with zero attached hydrogens (tertiary/aromatic N) is 1. The van der Waals surface area contributed by atoms with E-state index in [2.05, 4.69) is 0 Å². The largest absolute Gasteiger partial charge is 0.480 e. The van der Waals surface area contributed by atoms with E-state index in [0.717, 1.165) is 0 Å². The average Bonchev–Trinajstić information content (AvgIpc) is 1.99. The van der Waals surface area contributed by atoms with E-state index in [-0.39, 0.29) is 0 Å². The van der Waals surface area contributed by atoms with Crippen LogP contribution in [-0.2, 0) is 14.8 Å². The Balaban J connectivity index is 4.27. The summed E-state index contributed by atoms with van der Waals surface area (Å²) in [5.41, 5.74) is 0. The van der Waals surface area contributed by atoms with Crippen molar-refractivity contribution in [3.8, 4) is 6.07 Å². The molecule has 0 fully saturated rings. The zero-order valence-corrected chi connectivity index (χ0v) is 7.13. The van der Waals surface area contributed by atoms with Gasteiger partial charge in [-0.2, -0.15) is 5.26 Å². The second-order valence-electron chi connectivity index (χ2n) is 2.03. The maximum atomic E-state index is 10.9. The summed E-state index contributed by atoms with van der Waals surface area (Å²) in [6.45, 7) is 0.471. The van der Waals surface area contributed by atoms with Crippen LogP contribution < -0.4 is 4.72 Å². The summed E-state index contributed by atoms with van der Waals surface area (Å²) in [6, 6.07) is 1.49. The molecule has 0 rings (SSSR count). The van der Waals surface area contributed by atoms with Crippen molar-refractivity contribution in [3.05, 3.63) is 0 Å². The van der Waals surface area contributed by atoms with Crippen molar-refractivity contribution >= 4 is 16.0 Å². The van der Waals surface area contributed by atoms with Gasteiger partial charge >= 0.3 is 5.97 Å². The molecule has 0 bridgehead atoms. The third kappa shape index (κ3) is 3.32. The molecule has 0 aliphatic rings. The van der Waals surface area contributed by atoms with Crippen molar-refractivity contribution in [1.29, 1.82) is 5.26 Å². The molecule has 0 aliphatic carbocycles. The summed E-state index contributed by atoms with van der Waals surface area (Å²) >= 11 is 0. The molecule has 7 heteroatoms. The standard InChI is InChI=1S/C5H8N2O4S/c1-4(2-6)12(10,11)7-3-5(8)9/h4,7H,3H2,1H3,(H,8,9). The predicted octanol–water partition coefficient (Wildman–Crippen LogP) is -1.10. The highest BCUT2D eigenvalue weighted by Gasteiger charge is 2.20. The molecule has 0 aromatic rings. The third-order valence-electron chi connectivity index (χ3n) is 1.07. The average molecular weight is 192 g/mol. The van der Waals surface area contributed by atoms with Gasteiger partial charge in [-0.1, -0.05) is 0 Å². The lowest BCUT2D eigenvalue weighted by atomic mass is 10.5. The number of carboxylic acids is 1. The Kier molecular flexibility index (Phi) is 3.66. The molecule has 0 saturated heterocycles. The van der Waals surface area contributed by atoms with E-state index >= 15 is 0 Å². The molecule has 0 aromatic carbocycles. The van der Waals surface area contributed by atoms with Crippen LogP contribution in [0.15, 0.2) is 0 Å². The smallest absolute Gasteiger partial charge is 0.318 e. The van der Waals surface area contributed by atoms with Crippen LogP contribution in [0.4, 0.5) is 0 Å². The van der Waals surface area contributed by atoms with Gasteiger partial charge in [0.05, 0.1) is 6.07 Å². The number of hydrogen-bond acceptors (Lipinski definition) is 4. The number of aliphatic carboxylic acids is 1. The molecular formula is C5H8N2O4S. The van der Waals surface area contributed by atoms with Crippen molar-refractivity contribution in [3.63, 3.8) is 0 Å². The van der Waals surface area contributed by atoms with Gasteiger partial charge in [0.1, 0.15) is 6.54 Å². The first kappa shape index (κ1) is 10.9. The van der Waals surface area contributed by atoms with Gasteiger partial charge in [0.2, 0.25) is 10.0 Å². The second-order valence-corrected chi connectivity index (χ2v) is 4.12. The molecule has 0 saturated carbocycles. The van der Waals surface area contributed by atoms with Crippen molar-refractivity contribution < 1.29 is 18.3 Å². The van der Waals surface area contributed by atoms with Crippen LogP contribution in [0.25, 0.3) is 0 Å². The summed E-state index contributed by atoms with van der Waals surface area (Å²) in [6.07, 6.45) is 0. The maximum Gasteiger partial charge on any atom is 0.318 e. The lowest BCUT2D eigenvalue weighted by Crippen LogP contribution is -2.35. The highest BCUT2D eigenvalue weighted by molar-refractivity contribution is 7.90.